The second-order valence-corrected chi connectivity index (χ2v) is 6.91. The van der Waals surface area contributed by atoms with Gasteiger partial charge in [0.15, 0.2) is 0 Å². The Hall–Kier alpha value is -1.43. The van der Waals surface area contributed by atoms with Gasteiger partial charge in [0.25, 0.3) is 0 Å². The number of halogens is 1. The largest absolute Gasteiger partial charge is 0.243 e. The lowest BCUT2D eigenvalue weighted by atomic mass is 10.1. The Morgan fingerprint density at radius 3 is 2.30 bits per heavy atom. The molecule has 20 heavy (non-hydrogen) atoms. The number of benzene rings is 1. The summed E-state index contributed by atoms with van der Waals surface area (Å²) in [6, 6.07) is 10.8. The van der Waals surface area contributed by atoms with Crippen LogP contribution in [0.5, 0.6) is 0 Å². The topological polar surface area (TPSA) is 59.1 Å². The predicted octanol–water partition coefficient (Wildman–Crippen LogP) is 2.18. The van der Waals surface area contributed by atoms with Crippen LogP contribution in [-0.2, 0) is 22.9 Å². The first kappa shape index (κ1) is 13.5. The zero-order valence-electron chi connectivity index (χ0n) is 10.6. The fraction of sp³-hybridized carbons (Fsp3) is 0.214. The Bertz CT molecular complexity index is 704. The third-order valence-corrected chi connectivity index (χ3v) is 5.11. The SMILES string of the molecule is O=S(=O)(NC1Cc2ccccc2C1)c1ccc(Cl)nc1. The van der Waals surface area contributed by atoms with Gasteiger partial charge < -0.3 is 0 Å². The average molecular weight is 309 g/mol. The van der Waals surface area contributed by atoms with Crippen LogP contribution in [0.15, 0.2) is 47.5 Å². The summed E-state index contributed by atoms with van der Waals surface area (Å²) in [7, 11) is -3.55. The van der Waals surface area contributed by atoms with Crippen molar-refractivity contribution in [2.24, 2.45) is 0 Å². The second kappa shape index (κ2) is 5.16. The van der Waals surface area contributed by atoms with Crippen molar-refractivity contribution in [1.82, 2.24) is 9.71 Å². The first-order chi connectivity index (χ1) is 9.54. The summed E-state index contributed by atoms with van der Waals surface area (Å²) in [5.74, 6) is 0. The fourth-order valence-electron chi connectivity index (χ4n) is 2.45. The molecule has 1 aliphatic rings. The molecule has 3 rings (SSSR count). The van der Waals surface area contributed by atoms with Crippen molar-refractivity contribution >= 4 is 21.6 Å². The maximum absolute atomic E-state index is 12.3. The van der Waals surface area contributed by atoms with Gasteiger partial charge in [0.05, 0.1) is 0 Å². The molecule has 0 saturated heterocycles. The van der Waals surface area contributed by atoms with E-state index in [2.05, 4.69) is 9.71 Å². The lowest BCUT2D eigenvalue weighted by Crippen LogP contribution is -2.35. The quantitative estimate of drug-likeness (QED) is 0.884. The van der Waals surface area contributed by atoms with Gasteiger partial charge in [0.1, 0.15) is 10.0 Å². The van der Waals surface area contributed by atoms with Crippen molar-refractivity contribution in [3.8, 4) is 0 Å². The van der Waals surface area contributed by atoms with Crippen LogP contribution in [0.4, 0.5) is 0 Å². The standard InChI is InChI=1S/C14H13ClN2O2S/c15-14-6-5-13(9-16-14)20(18,19)17-12-7-10-3-1-2-4-11(10)8-12/h1-6,9,12,17H,7-8H2. The van der Waals surface area contributed by atoms with E-state index in [4.69, 9.17) is 11.6 Å². The molecule has 1 aromatic heterocycles. The van der Waals surface area contributed by atoms with E-state index < -0.39 is 10.0 Å². The van der Waals surface area contributed by atoms with Crippen LogP contribution in [0.3, 0.4) is 0 Å². The third-order valence-electron chi connectivity index (χ3n) is 3.38. The van der Waals surface area contributed by atoms with E-state index in [0.717, 1.165) is 12.8 Å². The molecule has 0 radical (unpaired) electrons. The minimum Gasteiger partial charge on any atom is -0.243 e. The molecule has 1 aromatic carbocycles. The number of hydrogen-bond acceptors (Lipinski definition) is 3. The van der Waals surface area contributed by atoms with Gasteiger partial charge in [-0.3, -0.25) is 0 Å². The molecule has 0 saturated carbocycles. The van der Waals surface area contributed by atoms with E-state index in [0.29, 0.717) is 0 Å². The first-order valence-corrected chi connectivity index (χ1v) is 8.11. The molecule has 0 atom stereocenters. The van der Waals surface area contributed by atoms with Gasteiger partial charge in [0, 0.05) is 12.2 Å². The molecule has 2 aromatic rings. The highest BCUT2D eigenvalue weighted by molar-refractivity contribution is 7.89. The summed E-state index contributed by atoms with van der Waals surface area (Å²) in [6.45, 7) is 0. The van der Waals surface area contributed by atoms with Crippen LogP contribution in [0.2, 0.25) is 5.15 Å². The number of pyridine rings is 1. The third kappa shape index (κ3) is 2.70. The number of sulfonamides is 1. The maximum Gasteiger partial charge on any atom is 0.242 e. The van der Waals surface area contributed by atoms with Crippen LogP contribution in [0, 0.1) is 0 Å². The predicted molar refractivity (Wildman–Crippen MR) is 77.2 cm³/mol. The van der Waals surface area contributed by atoms with E-state index in [9.17, 15) is 8.42 Å². The van der Waals surface area contributed by atoms with Crippen LogP contribution < -0.4 is 4.72 Å². The molecule has 0 bridgehead atoms. The number of nitrogens with zero attached hydrogens (tertiary/aromatic N) is 1. The van der Waals surface area contributed by atoms with Gasteiger partial charge in [-0.05, 0) is 36.1 Å². The van der Waals surface area contributed by atoms with Crippen molar-refractivity contribution in [3.63, 3.8) is 0 Å². The summed E-state index contributed by atoms with van der Waals surface area (Å²) >= 11 is 5.67. The van der Waals surface area contributed by atoms with Gasteiger partial charge >= 0.3 is 0 Å². The molecule has 6 heteroatoms. The highest BCUT2D eigenvalue weighted by Gasteiger charge is 2.26. The maximum atomic E-state index is 12.3. The van der Waals surface area contributed by atoms with Crippen LogP contribution in [0.25, 0.3) is 0 Å². The van der Waals surface area contributed by atoms with Gasteiger partial charge in [0.2, 0.25) is 10.0 Å². The smallest absolute Gasteiger partial charge is 0.242 e. The van der Waals surface area contributed by atoms with Crippen molar-refractivity contribution < 1.29 is 8.42 Å². The molecule has 1 heterocycles. The van der Waals surface area contributed by atoms with E-state index in [1.54, 1.807) is 0 Å². The zero-order valence-corrected chi connectivity index (χ0v) is 12.2. The highest BCUT2D eigenvalue weighted by Crippen LogP contribution is 2.23. The molecule has 4 nitrogen and oxygen atoms in total. The van der Waals surface area contributed by atoms with Crippen molar-refractivity contribution in [3.05, 3.63) is 58.9 Å². The Labute approximate surface area is 122 Å². The summed E-state index contributed by atoms with van der Waals surface area (Å²) in [5.41, 5.74) is 2.41. The van der Waals surface area contributed by atoms with Crippen molar-refractivity contribution in [2.75, 3.05) is 0 Å². The lowest BCUT2D eigenvalue weighted by molar-refractivity contribution is 0.555. The molecule has 0 aliphatic heterocycles. The molecule has 0 spiro atoms. The Morgan fingerprint density at radius 2 is 1.75 bits per heavy atom. The lowest BCUT2D eigenvalue weighted by Gasteiger charge is -2.12. The van der Waals surface area contributed by atoms with E-state index >= 15 is 0 Å². The molecule has 0 fully saturated rings. The minimum absolute atomic E-state index is 0.104. The molecule has 1 N–H and O–H groups in total. The van der Waals surface area contributed by atoms with Gasteiger partial charge in [-0.25, -0.2) is 18.1 Å². The normalized spacial score (nSPS) is 15.2. The summed E-state index contributed by atoms with van der Waals surface area (Å²) < 4.78 is 27.2. The van der Waals surface area contributed by atoms with Gasteiger partial charge in [-0.1, -0.05) is 35.9 Å². The highest BCUT2D eigenvalue weighted by atomic mass is 35.5. The number of nitrogens with one attached hydrogen (secondary N) is 1. The molecular weight excluding hydrogens is 296 g/mol. The van der Waals surface area contributed by atoms with Gasteiger partial charge in [-0.15, -0.1) is 0 Å². The van der Waals surface area contributed by atoms with E-state index in [1.165, 1.54) is 29.5 Å². The number of hydrogen-bond donors (Lipinski definition) is 1. The Kier molecular flexibility index (Phi) is 3.50. The Morgan fingerprint density at radius 1 is 1.10 bits per heavy atom. The summed E-state index contributed by atoms with van der Waals surface area (Å²) in [6.07, 6.45) is 2.71. The second-order valence-electron chi connectivity index (χ2n) is 4.81. The molecular formula is C14H13ClN2O2S. The van der Waals surface area contributed by atoms with Crippen LogP contribution in [-0.4, -0.2) is 19.4 Å². The molecule has 1 aliphatic carbocycles. The Balaban J connectivity index is 1.77. The van der Waals surface area contributed by atoms with E-state index in [-0.39, 0.29) is 16.1 Å². The molecule has 0 amide bonds. The minimum atomic E-state index is -3.55. The van der Waals surface area contributed by atoms with Crippen LogP contribution >= 0.6 is 11.6 Å². The van der Waals surface area contributed by atoms with Crippen molar-refractivity contribution in [2.45, 2.75) is 23.8 Å². The molecule has 104 valence electrons. The van der Waals surface area contributed by atoms with Crippen molar-refractivity contribution in [1.29, 1.82) is 0 Å². The number of aromatic nitrogens is 1. The number of rotatable bonds is 3. The summed E-state index contributed by atoms with van der Waals surface area (Å²) in [5, 5.41) is 0.275. The summed E-state index contributed by atoms with van der Waals surface area (Å²) in [4.78, 5) is 3.94. The van der Waals surface area contributed by atoms with Crippen LogP contribution in [0.1, 0.15) is 11.1 Å². The first-order valence-electron chi connectivity index (χ1n) is 6.25. The number of fused-ring (bicyclic) bond motifs is 1. The molecule has 0 unspecified atom stereocenters. The average Bonchev–Trinajstić information content (AvgIpc) is 2.80. The zero-order chi connectivity index (χ0) is 14.2. The fourth-order valence-corrected chi connectivity index (χ4v) is 3.74. The van der Waals surface area contributed by atoms with E-state index in [1.807, 2.05) is 24.3 Å². The van der Waals surface area contributed by atoms with Gasteiger partial charge in [-0.2, -0.15) is 0 Å². The monoisotopic (exact) mass is 308 g/mol.